The summed E-state index contributed by atoms with van der Waals surface area (Å²) in [6.07, 6.45) is 0.478. The van der Waals surface area contributed by atoms with Gasteiger partial charge in [0.05, 0.1) is 18.9 Å². The minimum Gasteiger partial charge on any atom is -0.504 e. The Kier molecular flexibility index (Phi) is 7.65. The number of methoxy groups -OCH3 is 1. The molecule has 0 heterocycles. The van der Waals surface area contributed by atoms with Crippen molar-refractivity contribution < 1.29 is 24.2 Å². The summed E-state index contributed by atoms with van der Waals surface area (Å²) < 4.78 is 10.6. The van der Waals surface area contributed by atoms with Crippen molar-refractivity contribution in [3.8, 4) is 11.5 Å². The Morgan fingerprint density at radius 2 is 1.76 bits per heavy atom. The molecule has 29 heavy (non-hydrogen) atoms. The van der Waals surface area contributed by atoms with Gasteiger partial charge in [-0.2, -0.15) is 0 Å². The van der Waals surface area contributed by atoms with Crippen LogP contribution >= 0.6 is 0 Å². The zero-order valence-corrected chi connectivity index (χ0v) is 17.4. The largest absolute Gasteiger partial charge is 0.504 e. The van der Waals surface area contributed by atoms with Crippen LogP contribution in [0.1, 0.15) is 38.3 Å². The van der Waals surface area contributed by atoms with Crippen LogP contribution in [0.5, 0.6) is 11.5 Å². The minimum absolute atomic E-state index is 0.0107. The third-order valence-electron chi connectivity index (χ3n) is 4.33. The Labute approximate surface area is 171 Å². The van der Waals surface area contributed by atoms with Gasteiger partial charge in [-0.3, -0.25) is 9.59 Å². The average molecular weight is 399 g/mol. The van der Waals surface area contributed by atoms with Crippen molar-refractivity contribution in [2.75, 3.05) is 7.11 Å². The second-order valence-corrected chi connectivity index (χ2v) is 7.92. The van der Waals surface area contributed by atoms with E-state index in [9.17, 15) is 14.7 Å². The number of carbonyl (C=O) groups excluding carboxylic acids is 2. The van der Waals surface area contributed by atoms with E-state index in [4.69, 9.17) is 9.47 Å². The molecule has 0 fully saturated rings. The van der Waals surface area contributed by atoms with Crippen LogP contribution < -0.4 is 10.1 Å². The Bertz CT molecular complexity index is 827. The number of aryl methyl sites for hydroxylation is 1. The molecule has 1 atom stereocenters. The molecule has 0 saturated heterocycles. The van der Waals surface area contributed by atoms with Gasteiger partial charge < -0.3 is 19.9 Å². The summed E-state index contributed by atoms with van der Waals surface area (Å²) in [6.45, 7) is 5.32. The first-order valence-electron chi connectivity index (χ1n) is 9.59. The van der Waals surface area contributed by atoms with Crippen molar-refractivity contribution >= 4 is 11.9 Å². The average Bonchev–Trinajstić information content (AvgIpc) is 2.67. The van der Waals surface area contributed by atoms with Crippen molar-refractivity contribution in [2.24, 2.45) is 5.41 Å². The van der Waals surface area contributed by atoms with E-state index >= 15 is 0 Å². The van der Waals surface area contributed by atoms with Crippen LogP contribution in [0.15, 0.2) is 48.5 Å². The van der Waals surface area contributed by atoms with Crippen LogP contribution in [0, 0.1) is 5.41 Å². The van der Waals surface area contributed by atoms with Crippen LogP contribution in [-0.2, 0) is 27.2 Å². The molecule has 2 aromatic rings. The first-order valence-corrected chi connectivity index (χ1v) is 9.59. The van der Waals surface area contributed by atoms with Crippen LogP contribution in [0.2, 0.25) is 0 Å². The maximum absolute atomic E-state index is 12.5. The fraction of sp³-hybridized carbons (Fsp3) is 0.391. The van der Waals surface area contributed by atoms with Gasteiger partial charge in [0.25, 0.3) is 0 Å². The lowest BCUT2D eigenvalue weighted by atomic mass is 9.97. The number of carbonyl (C=O) groups is 2. The number of phenolic OH excluding ortho intramolecular Hbond substituents is 1. The summed E-state index contributed by atoms with van der Waals surface area (Å²) in [5, 5.41) is 12.5. The molecule has 2 N–H and O–H groups in total. The molecule has 1 unspecified atom stereocenters. The number of nitrogens with one attached hydrogen (secondary N) is 1. The van der Waals surface area contributed by atoms with Crippen LogP contribution in [0.4, 0.5) is 0 Å². The van der Waals surface area contributed by atoms with Crippen LogP contribution in [0.25, 0.3) is 0 Å². The van der Waals surface area contributed by atoms with E-state index in [0.29, 0.717) is 24.2 Å². The molecule has 2 rings (SSSR count). The molecule has 0 bridgehead atoms. The zero-order chi connectivity index (χ0) is 21.4. The summed E-state index contributed by atoms with van der Waals surface area (Å²) in [5.74, 6) is -0.341. The van der Waals surface area contributed by atoms with Crippen LogP contribution in [-0.4, -0.2) is 30.3 Å². The standard InChI is InChI=1S/C23H29NO5/c1-23(2,3)22(27)29-21(13-11-16-8-6-5-7-9-16)24-20(26)15-17-10-12-18(25)19(14-17)28-4/h5-10,12,14,21,25H,11,13,15H2,1-4H3,(H,24,26). The maximum Gasteiger partial charge on any atom is 0.313 e. The molecule has 0 aliphatic rings. The van der Waals surface area contributed by atoms with Gasteiger partial charge in [-0.05, 0) is 50.5 Å². The van der Waals surface area contributed by atoms with E-state index in [0.717, 1.165) is 5.56 Å². The van der Waals surface area contributed by atoms with E-state index in [-0.39, 0.29) is 24.0 Å². The molecule has 2 aromatic carbocycles. The molecular formula is C23H29NO5. The highest BCUT2D eigenvalue weighted by molar-refractivity contribution is 5.80. The second kappa shape index (κ2) is 9.96. The number of benzene rings is 2. The third kappa shape index (κ3) is 7.14. The Morgan fingerprint density at radius 1 is 1.07 bits per heavy atom. The van der Waals surface area contributed by atoms with Gasteiger partial charge in [0.2, 0.25) is 5.91 Å². The Balaban J connectivity index is 2.04. The molecule has 0 aliphatic carbocycles. The highest BCUT2D eigenvalue weighted by Gasteiger charge is 2.27. The van der Waals surface area contributed by atoms with Gasteiger partial charge in [-0.25, -0.2) is 0 Å². The van der Waals surface area contributed by atoms with E-state index < -0.39 is 11.6 Å². The van der Waals surface area contributed by atoms with Crippen molar-refractivity contribution in [3.05, 3.63) is 59.7 Å². The summed E-state index contributed by atoms with van der Waals surface area (Å²) in [7, 11) is 1.45. The first-order chi connectivity index (χ1) is 13.7. The summed E-state index contributed by atoms with van der Waals surface area (Å²) in [5.41, 5.74) is 1.11. The fourth-order valence-electron chi connectivity index (χ4n) is 2.66. The number of esters is 1. The number of hydrogen-bond donors (Lipinski definition) is 2. The first kappa shape index (κ1) is 22.3. The maximum atomic E-state index is 12.5. The predicted molar refractivity (Wildman–Crippen MR) is 111 cm³/mol. The smallest absolute Gasteiger partial charge is 0.313 e. The molecule has 156 valence electrons. The van der Waals surface area contributed by atoms with Crippen molar-refractivity contribution in [3.63, 3.8) is 0 Å². The highest BCUT2D eigenvalue weighted by atomic mass is 16.6. The van der Waals surface area contributed by atoms with Crippen LogP contribution in [0.3, 0.4) is 0 Å². The summed E-state index contributed by atoms with van der Waals surface area (Å²) in [6, 6.07) is 14.6. The monoisotopic (exact) mass is 399 g/mol. The molecule has 0 radical (unpaired) electrons. The fourth-order valence-corrected chi connectivity index (χ4v) is 2.66. The molecule has 0 aromatic heterocycles. The molecular weight excluding hydrogens is 370 g/mol. The zero-order valence-electron chi connectivity index (χ0n) is 17.4. The van der Waals surface area contributed by atoms with Crippen molar-refractivity contribution in [1.82, 2.24) is 5.32 Å². The Hall–Kier alpha value is -3.02. The van der Waals surface area contributed by atoms with E-state index in [1.165, 1.54) is 13.2 Å². The lowest BCUT2D eigenvalue weighted by Crippen LogP contribution is -2.41. The lowest BCUT2D eigenvalue weighted by molar-refractivity contribution is -0.161. The van der Waals surface area contributed by atoms with Crippen molar-refractivity contribution in [2.45, 2.75) is 46.3 Å². The van der Waals surface area contributed by atoms with E-state index in [2.05, 4.69) is 5.32 Å². The van der Waals surface area contributed by atoms with Crippen molar-refractivity contribution in [1.29, 1.82) is 0 Å². The van der Waals surface area contributed by atoms with E-state index in [1.807, 2.05) is 30.3 Å². The topological polar surface area (TPSA) is 84.9 Å². The lowest BCUT2D eigenvalue weighted by Gasteiger charge is -2.24. The second-order valence-electron chi connectivity index (χ2n) is 7.92. The van der Waals surface area contributed by atoms with Gasteiger partial charge >= 0.3 is 5.97 Å². The minimum atomic E-state index is -0.728. The number of phenols is 1. The molecule has 0 aliphatic heterocycles. The number of hydrogen-bond acceptors (Lipinski definition) is 5. The predicted octanol–water partition coefficient (Wildman–Crippen LogP) is 3.61. The quantitative estimate of drug-likeness (QED) is 0.523. The van der Waals surface area contributed by atoms with Gasteiger partial charge in [0.1, 0.15) is 0 Å². The summed E-state index contributed by atoms with van der Waals surface area (Å²) in [4.78, 5) is 24.9. The van der Waals surface area contributed by atoms with Gasteiger partial charge in [-0.1, -0.05) is 36.4 Å². The normalized spacial score (nSPS) is 12.1. The molecule has 6 nitrogen and oxygen atoms in total. The SMILES string of the molecule is COc1cc(CC(=O)NC(CCc2ccccc2)OC(=O)C(C)(C)C)ccc1O. The number of aromatic hydroxyl groups is 1. The number of ether oxygens (including phenoxy) is 2. The highest BCUT2D eigenvalue weighted by Crippen LogP contribution is 2.26. The summed E-state index contributed by atoms with van der Waals surface area (Å²) >= 11 is 0. The van der Waals surface area contributed by atoms with Gasteiger partial charge in [0, 0.05) is 6.42 Å². The Morgan fingerprint density at radius 3 is 2.38 bits per heavy atom. The molecule has 1 amide bonds. The third-order valence-corrected chi connectivity index (χ3v) is 4.33. The molecule has 0 saturated carbocycles. The number of rotatable bonds is 8. The molecule has 0 spiro atoms. The van der Waals surface area contributed by atoms with Gasteiger partial charge in [0.15, 0.2) is 17.7 Å². The number of amides is 1. The van der Waals surface area contributed by atoms with Gasteiger partial charge in [-0.15, -0.1) is 0 Å². The molecule has 6 heteroatoms. The van der Waals surface area contributed by atoms with E-state index in [1.54, 1.807) is 32.9 Å².